The molecule has 0 aromatic carbocycles. The number of aromatic nitrogens is 1. The van der Waals surface area contributed by atoms with Gasteiger partial charge in [-0.3, -0.25) is 14.4 Å². The Kier molecular flexibility index (Phi) is 5.53. The lowest BCUT2D eigenvalue weighted by Gasteiger charge is -2.02. The van der Waals surface area contributed by atoms with E-state index in [1.807, 2.05) is 0 Å². The van der Waals surface area contributed by atoms with E-state index in [9.17, 15) is 9.59 Å². The van der Waals surface area contributed by atoms with Gasteiger partial charge in [0.15, 0.2) is 5.13 Å². The third-order valence-corrected chi connectivity index (χ3v) is 2.33. The second-order valence-electron chi connectivity index (χ2n) is 2.99. The molecule has 0 fully saturated rings. The Balaban J connectivity index is 2.41. The number of hydrogen-bond acceptors (Lipinski definition) is 6. The lowest BCUT2D eigenvalue weighted by molar-refractivity contribution is -0.114. The van der Waals surface area contributed by atoms with Crippen molar-refractivity contribution in [2.75, 3.05) is 25.6 Å². The summed E-state index contributed by atoms with van der Waals surface area (Å²) in [6.07, 6.45) is 0. The molecule has 1 aromatic rings. The van der Waals surface area contributed by atoms with Crippen LogP contribution >= 0.6 is 11.3 Å². The van der Waals surface area contributed by atoms with Crippen LogP contribution in [0.4, 0.5) is 5.13 Å². The van der Waals surface area contributed by atoms with Gasteiger partial charge in [-0.2, -0.15) is 0 Å². The zero-order chi connectivity index (χ0) is 12.7. The van der Waals surface area contributed by atoms with Gasteiger partial charge in [-0.05, 0) is 0 Å². The van der Waals surface area contributed by atoms with Crippen molar-refractivity contribution in [2.45, 2.75) is 6.92 Å². The molecule has 94 valence electrons. The minimum atomic E-state index is -0.464. The maximum atomic E-state index is 11.5. The van der Waals surface area contributed by atoms with Gasteiger partial charge in [0.1, 0.15) is 5.69 Å². The Bertz CT molecular complexity index is 393. The summed E-state index contributed by atoms with van der Waals surface area (Å²) >= 11 is 1.17. The highest BCUT2D eigenvalue weighted by molar-refractivity contribution is 7.14. The molecule has 0 radical (unpaired) electrons. The van der Waals surface area contributed by atoms with E-state index in [-0.39, 0.29) is 18.2 Å². The number of nitrogens with zero attached hydrogens (tertiary/aromatic N) is 1. The number of carbonyl (C=O) groups is 2. The highest BCUT2D eigenvalue weighted by Crippen LogP contribution is 2.14. The van der Waals surface area contributed by atoms with E-state index in [0.717, 1.165) is 0 Å². The molecule has 17 heavy (non-hydrogen) atoms. The van der Waals surface area contributed by atoms with Crippen LogP contribution in [0.5, 0.6) is 0 Å². The number of methoxy groups -OCH3 is 1. The Morgan fingerprint density at radius 2 is 2.24 bits per heavy atom. The number of rotatable bonds is 6. The Labute approximate surface area is 102 Å². The van der Waals surface area contributed by atoms with E-state index in [4.69, 9.17) is 9.57 Å². The predicted octanol–water partition coefficient (Wildman–Crippen LogP) is 0.409. The van der Waals surface area contributed by atoms with Crippen LogP contribution in [0, 0.1) is 0 Å². The van der Waals surface area contributed by atoms with Crippen LogP contribution in [0.25, 0.3) is 0 Å². The second kappa shape index (κ2) is 6.94. The van der Waals surface area contributed by atoms with Crippen molar-refractivity contribution >= 4 is 28.3 Å². The van der Waals surface area contributed by atoms with Crippen LogP contribution in [-0.4, -0.2) is 37.1 Å². The Morgan fingerprint density at radius 3 is 2.88 bits per heavy atom. The van der Waals surface area contributed by atoms with Crippen molar-refractivity contribution in [3.8, 4) is 0 Å². The van der Waals surface area contributed by atoms with Crippen molar-refractivity contribution in [3.63, 3.8) is 0 Å². The van der Waals surface area contributed by atoms with Crippen LogP contribution in [-0.2, 0) is 14.4 Å². The lowest BCUT2D eigenvalue weighted by atomic mass is 10.5. The van der Waals surface area contributed by atoms with E-state index in [1.54, 1.807) is 0 Å². The van der Waals surface area contributed by atoms with Gasteiger partial charge in [-0.15, -0.1) is 11.3 Å². The molecule has 0 aliphatic rings. The summed E-state index contributed by atoms with van der Waals surface area (Å²) in [4.78, 5) is 31.0. The summed E-state index contributed by atoms with van der Waals surface area (Å²) in [5.74, 6) is -0.698. The molecule has 7 nitrogen and oxygen atoms in total. The van der Waals surface area contributed by atoms with Crippen LogP contribution in [0.1, 0.15) is 17.4 Å². The number of ether oxygens (including phenoxy) is 1. The standard InChI is InChI=1S/C9H13N3O4S/c1-6(13)10-9-11-7(5-17-9)8(14)12-16-4-3-15-2/h5H,3-4H2,1-2H3,(H,12,14)(H,10,11,13). The van der Waals surface area contributed by atoms with E-state index >= 15 is 0 Å². The monoisotopic (exact) mass is 259 g/mol. The average Bonchev–Trinajstić information content (AvgIpc) is 2.71. The van der Waals surface area contributed by atoms with Gasteiger partial charge in [0.25, 0.3) is 5.91 Å². The van der Waals surface area contributed by atoms with E-state index in [2.05, 4.69) is 15.8 Å². The summed E-state index contributed by atoms with van der Waals surface area (Å²) in [6.45, 7) is 2.01. The smallest absolute Gasteiger partial charge is 0.294 e. The summed E-state index contributed by atoms with van der Waals surface area (Å²) in [7, 11) is 1.53. The van der Waals surface area contributed by atoms with E-state index < -0.39 is 5.91 Å². The summed E-state index contributed by atoms with van der Waals surface area (Å²) < 4.78 is 4.74. The normalized spacial score (nSPS) is 10.0. The van der Waals surface area contributed by atoms with Crippen LogP contribution < -0.4 is 10.8 Å². The zero-order valence-electron chi connectivity index (χ0n) is 9.48. The van der Waals surface area contributed by atoms with E-state index in [1.165, 1.54) is 30.8 Å². The summed E-state index contributed by atoms with van der Waals surface area (Å²) in [5.41, 5.74) is 2.40. The third-order valence-electron chi connectivity index (χ3n) is 1.57. The fourth-order valence-electron chi connectivity index (χ4n) is 0.880. The molecule has 0 spiro atoms. The molecule has 8 heteroatoms. The first kappa shape index (κ1) is 13.6. The van der Waals surface area contributed by atoms with Gasteiger partial charge in [-0.25, -0.2) is 10.5 Å². The highest BCUT2D eigenvalue weighted by atomic mass is 32.1. The number of amides is 2. The van der Waals surface area contributed by atoms with Gasteiger partial charge < -0.3 is 10.1 Å². The molecule has 0 aliphatic carbocycles. The first-order chi connectivity index (χ1) is 8.13. The molecule has 1 rings (SSSR count). The Hall–Kier alpha value is -1.51. The van der Waals surface area contributed by atoms with Crippen molar-refractivity contribution in [1.82, 2.24) is 10.5 Å². The van der Waals surface area contributed by atoms with Gasteiger partial charge >= 0.3 is 0 Å². The number of nitrogens with one attached hydrogen (secondary N) is 2. The van der Waals surface area contributed by atoms with Crippen molar-refractivity contribution in [1.29, 1.82) is 0 Å². The van der Waals surface area contributed by atoms with Crippen molar-refractivity contribution in [2.24, 2.45) is 0 Å². The maximum Gasteiger partial charge on any atom is 0.294 e. The molecule has 2 N–H and O–H groups in total. The summed E-state index contributed by atoms with van der Waals surface area (Å²) in [6, 6.07) is 0. The molecule has 0 saturated carbocycles. The number of hydroxylamine groups is 1. The van der Waals surface area contributed by atoms with Crippen molar-refractivity contribution in [3.05, 3.63) is 11.1 Å². The summed E-state index contributed by atoms with van der Waals surface area (Å²) in [5, 5.41) is 4.39. The first-order valence-corrected chi connectivity index (χ1v) is 5.65. The first-order valence-electron chi connectivity index (χ1n) is 4.77. The van der Waals surface area contributed by atoms with Gasteiger partial charge in [-0.1, -0.05) is 0 Å². The average molecular weight is 259 g/mol. The lowest BCUT2D eigenvalue weighted by Crippen LogP contribution is -2.25. The molecule has 0 aliphatic heterocycles. The highest BCUT2D eigenvalue weighted by Gasteiger charge is 2.11. The molecule has 0 bridgehead atoms. The Morgan fingerprint density at radius 1 is 1.47 bits per heavy atom. The van der Waals surface area contributed by atoms with Gasteiger partial charge in [0, 0.05) is 19.4 Å². The third kappa shape index (κ3) is 4.89. The van der Waals surface area contributed by atoms with E-state index in [0.29, 0.717) is 11.7 Å². The predicted molar refractivity (Wildman–Crippen MR) is 61.7 cm³/mol. The number of hydrogen-bond donors (Lipinski definition) is 2. The van der Waals surface area contributed by atoms with Gasteiger partial charge in [0.05, 0.1) is 13.2 Å². The van der Waals surface area contributed by atoms with Crippen LogP contribution in [0.3, 0.4) is 0 Å². The zero-order valence-corrected chi connectivity index (χ0v) is 10.3. The van der Waals surface area contributed by atoms with Crippen molar-refractivity contribution < 1.29 is 19.2 Å². The minimum absolute atomic E-state index is 0.191. The molecule has 0 atom stereocenters. The van der Waals surface area contributed by atoms with Gasteiger partial charge in [0.2, 0.25) is 5.91 Å². The molecule has 0 saturated heterocycles. The number of thiazole rings is 1. The second-order valence-corrected chi connectivity index (χ2v) is 3.85. The molecular weight excluding hydrogens is 246 g/mol. The molecular formula is C9H13N3O4S. The largest absolute Gasteiger partial charge is 0.382 e. The molecule has 1 heterocycles. The quantitative estimate of drug-likeness (QED) is 0.570. The maximum absolute atomic E-state index is 11.5. The SMILES string of the molecule is COCCONC(=O)c1csc(NC(C)=O)n1. The topological polar surface area (TPSA) is 89.5 Å². The number of carbonyl (C=O) groups excluding carboxylic acids is 2. The number of anilines is 1. The van der Waals surface area contributed by atoms with Crippen LogP contribution in [0.2, 0.25) is 0 Å². The molecule has 1 aromatic heterocycles. The van der Waals surface area contributed by atoms with Crippen LogP contribution in [0.15, 0.2) is 5.38 Å². The fourth-order valence-corrected chi connectivity index (χ4v) is 1.62. The fraction of sp³-hybridized carbons (Fsp3) is 0.444. The molecule has 0 unspecified atom stereocenters. The minimum Gasteiger partial charge on any atom is -0.382 e. The molecule has 2 amide bonds.